The van der Waals surface area contributed by atoms with Crippen LogP contribution >= 0.6 is 0 Å². The largest absolute Gasteiger partial charge is 0.295 e. The van der Waals surface area contributed by atoms with Gasteiger partial charge in [-0.15, -0.1) is 0 Å². The number of carbonyl (C=O) groups excluding carboxylic acids is 1. The molecule has 1 atom stereocenters. The highest BCUT2D eigenvalue weighted by molar-refractivity contribution is 5.92. The van der Waals surface area contributed by atoms with E-state index in [0.717, 1.165) is 25.7 Å². The Bertz CT molecular complexity index is 258. The first-order chi connectivity index (χ1) is 6.84. The van der Waals surface area contributed by atoms with Gasteiger partial charge in [0.1, 0.15) is 0 Å². The van der Waals surface area contributed by atoms with Gasteiger partial charge in [0, 0.05) is 5.92 Å². The smallest absolute Gasteiger partial charge is 0.159 e. The summed E-state index contributed by atoms with van der Waals surface area (Å²) in [6.45, 7) is 2.08. The Morgan fingerprint density at radius 1 is 1.43 bits per heavy atom. The molecule has 0 radical (unpaired) electrons. The third kappa shape index (κ3) is 3.73. The molecule has 0 aliphatic heterocycles. The number of ketones is 1. The summed E-state index contributed by atoms with van der Waals surface area (Å²) >= 11 is 0. The molecule has 0 aromatic rings. The van der Waals surface area contributed by atoms with Crippen LogP contribution in [0.15, 0.2) is 36.5 Å². The monoisotopic (exact) mass is 190 g/mol. The number of hydrogen-bond acceptors (Lipinski definition) is 1. The fourth-order valence-electron chi connectivity index (χ4n) is 1.55. The zero-order valence-electron chi connectivity index (χ0n) is 8.78. The molecule has 1 heteroatoms. The van der Waals surface area contributed by atoms with E-state index in [1.54, 1.807) is 6.08 Å². The average Bonchev–Trinajstić information content (AvgIpc) is 2.25. The van der Waals surface area contributed by atoms with Crippen LogP contribution in [0.4, 0.5) is 0 Å². The highest BCUT2D eigenvalue weighted by Gasteiger charge is 2.15. The second-order valence-electron chi connectivity index (χ2n) is 3.58. The summed E-state index contributed by atoms with van der Waals surface area (Å²) in [7, 11) is 0. The molecule has 0 saturated heterocycles. The van der Waals surface area contributed by atoms with E-state index < -0.39 is 0 Å². The van der Waals surface area contributed by atoms with Gasteiger partial charge in [0.05, 0.1) is 0 Å². The topological polar surface area (TPSA) is 17.1 Å². The van der Waals surface area contributed by atoms with Crippen molar-refractivity contribution in [2.45, 2.75) is 32.6 Å². The molecule has 0 amide bonds. The van der Waals surface area contributed by atoms with Crippen LogP contribution in [0.1, 0.15) is 32.6 Å². The zero-order chi connectivity index (χ0) is 10.2. The minimum atomic E-state index is 0.228. The number of hydrogen-bond donors (Lipinski definition) is 0. The van der Waals surface area contributed by atoms with Crippen LogP contribution in [0.5, 0.6) is 0 Å². The molecule has 76 valence electrons. The van der Waals surface area contributed by atoms with Gasteiger partial charge >= 0.3 is 0 Å². The molecule has 0 heterocycles. The van der Waals surface area contributed by atoms with Crippen LogP contribution in [0.2, 0.25) is 0 Å². The number of allylic oxidation sites excluding steroid dienone is 6. The Labute approximate surface area is 86.2 Å². The van der Waals surface area contributed by atoms with Crippen LogP contribution in [0.25, 0.3) is 0 Å². The van der Waals surface area contributed by atoms with E-state index in [9.17, 15) is 4.79 Å². The van der Waals surface area contributed by atoms with Gasteiger partial charge in [0.25, 0.3) is 0 Å². The number of rotatable bonds is 4. The minimum absolute atomic E-state index is 0.228. The van der Waals surface area contributed by atoms with E-state index >= 15 is 0 Å². The molecule has 0 aromatic heterocycles. The minimum Gasteiger partial charge on any atom is -0.295 e. The van der Waals surface area contributed by atoms with Crippen LogP contribution in [0, 0.1) is 5.92 Å². The lowest BCUT2D eigenvalue weighted by atomic mass is 9.90. The van der Waals surface area contributed by atoms with Gasteiger partial charge in [0.15, 0.2) is 5.78 Å². The summed E-state index contributed by atoms with van der Waals surface area (Å²) in [5.41, 5.74) is 0. The van der Waals surface area contributed by atoms with Crippen molar-refractivity contribution in [2.24, 2.45) is 5.92 Å². The van der Waals surface area contributed by atoms with Crippen LogP contribution < -0.4 is 0 Å². The second kappa shape index (κ2) is 6.36. The summed E-state index contributed by atoms with van der Waals surface area (Å²) < 4.78 is 0. The molecule has 1 rings (SSSR count). The quantitative estimate of drug-likeness (QED) is 0.377. The van der Waals surface area contributed by atoms with Crippen molar-refractivity contribution >= 4 is 5.78 Å². The van der Waals surface area contributed by atoms with Gasteiger partial charge in [0.2, 0.25) is 0 Å². The lowest BCUT2D eigenvalue weighted by molar-refractivity contribution is -0.118. The van der Waals surface area contributed by atoms with Crippen molar-refractivity contribution in [3.8, 4) is 0 Å². The van der Waals surface area contributed by atoms with Crippen molar-refractivity contribution < 1.29 is 4.79 Å². The van der Waals surface area contributed by atoms with Crippen molar-refractivity contribution in [1.29, 1.82) is 0 Å². The average molecular weight is 190 g/mol. The molecule has 0 aromatic carbocycles. The summed E-state index contributed by atoms with van der Waals surface area (Å²) in [6.07, 6.45) is 15.8. The van der Waals surface area contributed by atoms with E-state index in [1.165, 1.54) is 0 Å². The van der Waals surface area contributed by atoms with Crippen molar-refractivity contribution in [1.82, 2.24) is 0 Å². The van der Waals surface area contributed by atoms with E-state index in [0.29, 0.717) is 0 Å². The van der Waals surface area contributed by atoms with Gasteiger partial charge in [-0.1, -0.05) is 37.3 Å². The van der Waals surface area contributed by atoms with Crippen LogP contribution in [-0.4, -0.2) is 5.78 Å². The Hall–Kier alpha value is -1.11. The van der Waals surface area contributed by atoms with Gasteiger partial charge in [-0.2, -0.15) is 0 Å². The molecule has 14 heavy (non-hydrogen) atoms. The van der Waals surface area contributed by atoms with E-state index in [4.69, 9.17) is 0 Å². The molecular weight excluding hydrogens is 172 g/mol. The molecule has 1 unspecified atom stereocenters. The van der Waals surface area contributed by atoms with E-state index in [-0.39, 0.29) is 11.7 Å². The van der Waals surface area contributed by atoms with Gasteiger partial charge in [-0.3, -0.25) is 4.79 Å². The normalized spacial score (nSPS) is 22.2. The molecular formula is C13H18O. The van der Waals surface area contributed by atoms with Gasteiger partial charge in [-0.05, 0) is 31.8 Å². The van der Waals surface area contributed by atoms with Crippen LogP contribution in [0.3, 0.4) is 0 Å². The Morgan fingerprint density at radius 3 is 2.93 bits per heavy atom. The van der Waals surface area contributed by atoms with Gasteiger partial charge in [-0.25, -0.2) is 0 Å². The number of carbonyl (C=O) groups is 1. The standard InChI is InChI=1S/C13H18O/c1-2-3-4-8-11-13(14)12-9-6-5-7-10-12/h3-6,8,11-12H,2,7,9-10H2,1H3/b4-3+,11-8+. The maximum Gasteiger partial charge on any atom is 0.159 e. The molecule has 0 saturated carbocycles. The first-order valence-electron chi connectivity index (χ1n) is 5.36. The van der Waals surface area contributed by atoms with Gasteiger partial charge < -0.3 is 0 Å². The Balaban J connectivity index is 2.37. The summed E-state index contributed by atoms with van der Waals surface area (Å²) in [4.78, 5) is 11.6. The second-order valence-corrected chi connectivity index (χ2v) is 3.58. The van der Waals surface area contributed by atoms with Crippen molar-refractivity contribution in [3.05, 3.63) is 36.5 Å². The predicted molar refractivity (Wildman–Crippen MR) is 60.1 cm³/mol. The lowest BCUT2D eigenvalue weighted by Gasteiger charge is -2.13. The lowest BCUT2D eigenvalue weighted by Crippen LogP contribution is -2.12. The molecule has 1 aliphatic carbocycles. The summed E-state index contributed by atoms with van der Waals surface area (Å²) in [5.74, 6) is 0.501. The molecule has 1 nitrogen and oxygen atoms in total. The van der Waals surface area contributed by atoms with Crippen molar-refractivity contribution in [2.75, 3.05) is 0 Å². The summed E-state index contributed by atoms with van der Waals surface area (Å²) in [5, 5.41) is 0. The maximum atomic E-state index is 11.6. The SMILES string of the molecule is CC/C=C/C=C/C(=O)C1CC=CCC1. The maximum absolute atomic E-state index is 11.6. The molecule has 0 bridgehead atoms. The Morgan fingerprint density at radius 2 is 2.29 bits per heavy atom. The Kier molecular flexibility index (Phi) is 4.98. The molecule has 0 fully saturated rings. The van der Waals surface area contributed by atoms with E-state index in [1.807, 2.05) is 18.2 Å². The van der Waals surface area contributed by atoms with Crippen LogP contribution in [-0.2, 0) is 4.79 Å². The fraction of sp³-hybridized carbons (Fsp3) is 0.462. The third-order valence-corrected chi connectivity index (χ3v) is 2.41. The highest BCUT2D eigenvalue weighted by Crippen LogP contribution is 2.19. The zero-order valence-corrected chi connectivity index (χ0v) is 8.78. The molecule has 1 aliphatic rings. The van der Waals surface area contributed by atoms with E-state index in [2.05, 4.69) is 19.1 Å². The molecule has 0 spiro atoms. The first-order valence-corrected chi connectivity index (χ1v) is 5.36. The molecule has 0 N–H and O–H groups in total. The predicted octanol–water partition coefficient (Wildman–Crippen LogP) is 3.43. The fourth-order valence-corrected chi connectivity index (χ4v) is 1.55. The van der Waals surface area contributed by atoms with Crippen molar-refractivity contribution in [3.63, 3.8) is 0 Å². The first kappa shape index (κ1) is 11.0. The highest BCUT2D eigenvalue weighted by atomic mass is 16.1. The third-order valence-electron chi connectivity index (χ3n) is 2.41. The summed E-state index contributed by atoms with van der Waals surface area (Å²) in [6, 6.07) is 0.